The monoisotopic (exact) mass is 568 g/mol. The van der Waals surface area contributed by atoms with Crippen molar-refractivity contribution in [3.63, 3.8) is 0 Å². The molecule has 0 atom stereocenters. The Balaban J connectivity index is 1.56. The highest BCUT2D eigenvalue weighted by Gasteiger charge is 2.18. The zero-order chi connectivity index (χ0) is 30.0. The minimum atomic E-state index is 0.721. The Hall–Kier alpha value is -4.57. The zero-order valence-electron chi connectivity index (χ0n) is 26.1. The lowest BCUT2D eigenvalue weighted by Crippen LogP contribution is -2.29. The van der Waals surface area contributed by atoms with Crippen molar-refractivity contribution in [2.45, 2.75) is 34.1 Å². The second-order valence-electron chi connectivity index (χ2n) is 10.8. The van der Waals surface area contributed by atoms with Crippen LogP contribution < -0.4 is 14.7 Å². The Bertz CT molecular complexity index is 1530. The highest BCUT2D eigenvalue weighted by Crippen LogP contribution is 2.28. The van der Waals surface area contributed by atoms with Crippen LogP contribution in [0.2, 0.25) is 0 Å². The van der Waals surface area contributed by atoms with Crippen molar-refractivity contribution in [3.8, 4) is 0 Å². The van der Waals surface area contributed by atoms with Gasteiger partial charge in [-0.3, -0.25) is 0 Å². The van der Waals surface area contributed by atoms with Gasteiger partial charge >= 0.3 is 0 Å². The van der Waals surface area contributed by atoms with Crippen LogP contribution in [-0.4, -0.2) is 38.4 Å². The van der Waals surface area contributed by atoms with E-state index in [4.69, 9.17) is 4.99 Å². The van der Waals surface area contributed by atoms with Crippen molar-refractivity contribution < 1.29 is 0 Å². The van der Waals surface area contributed by atoms with E-state index in [1.807, 2.05) is 0 Å². The fourth-order valence-electron chi connectivity index (χ4n) is 5.76. The van der Waals surface area contributed by atoms with Crippen molar-refractivity contribution in [1.29, 1.82) is 0 Å². The second kappa shape index (κ2) is 14.6. The van der Waals surface area contributed by atoms with E-state index in [0.29, 0.717) is 0 Å². The smallest absolute Gasteiger partial charge is 0.0799 e. The van der Waals surface area contributed by atoms with Crippen molar-refractivity contribution in [1.82, 2.24) is 0 Å². The third-order valence-corrected chi connectivity index (χ3v) is 8.22. The van der Waals surface area contributed by atoms with Crippen LogP contribution in [0, 0.1) is 0 Å². The molecule has 0 unspecified atom stereocenters. The van der Waals surface area contributed by atoms with Crippen molar-refractivity contribution in [2.75, 3.05) is 47.4 Å². The molecule has 0 saturated heterocycles. The summed E-state index contributed by atoms with van der Waals surface area (Å²) in [5.41, 5.74) is 10.6. The first-order chi connectivity index (χ1) is 21.1. The van der Waals surface area contributed by atoms with Gasteiger partial charge < -0.3 is 14.7 Å². The molecule has 0 radical (unpaired) electrons. The van der Waals surface area contributed by atoms with E-state index in [-0.39, 0.29) is 0 Å². The number of hydrogen-bond donors (Lipinski definition) is 0. The van der Waals surface area contributed by atoms with Gasteiger partial charge in [-0.2, -0.15) is 0 Å². The molecule has 43 heavy (non-hydrogen) atoms. The summed E-state index contributed by atoms with van der Waals surface area (Å²) in [6.07, 6.45) is 5.30. The van der Waals surface area contributed by atoms with Gasteiger partial charge in [0.05, 0.1) is 18.0 Å². The van der Waals surface area contributed by atoms with Gasteiger partial charge in [0.2, 0.25) is 0 Å². The van der Waals surface area contributed by atoms with E-state index >= 15 is 0 Å². The molecule has 220 valence electrons. The van der Waals surface area contributed by atoms with Gasteiger partial charge in [-0.05, 0) is 98.9 Å². The summed E-state index contributed by atoms with van der Waals surface area (Å²) >= 11 is 0. The minimum Gasteiger partial charge on any atom is -0.372 e. The highest BCUT2D eigenvalue weighted by atomic mass is 15.1. The van der Waals surface area contributed by atoms with E-state index in [0.717, 1.165) is 61.8 Å². The van der Waals surface area contributed by atoms with Gasteiger partial charge in [0.15, 0.2) is 0 Å². The first-order valence-electron chi connectivity index (χ1n) is 15.7. The number of aliphatic imine (C=N–C) groups is 1. The second-order valence-corrected chi connectivity index (χ2v) is 10.8. The predicted octanol–water partition coefficient (Wildman–Crippen LogP) is 8.86. The maximum atomic E-state index is 5.26. The topological polar surface area (TPSA) is 22.1 Å². The number of para-hydroxylation sites is 1. The molecule has 4 aromatic rings. The fraction of sp³-hybridized carbons (Fsp3) is 0.256. The molecule has 0 bridgehead atoms. The van der Waals surface area contributed by atoms with Crippen LogP contribution in [0.4, 0.5) is 17.1 Å². The van der Waals surface area contributed by atoms with Crippen LogP contribution in [0.15, 0.2) is 132 Å². The molecule has 0 saturated carbocycles. The summed E-state index contributed by atoms with van der Waals surface area (Å²) in [5, 5.41) is 0. The van der Waals surface area contributed by atoms with Crippen LogP contribution in [0.1, 0.15) is 44.4 Å². The molecular weight excluding hydrogens is 524 g/mol. The Morgan fingerprint density at radius 1 is 0.674 bits per heavy atom. The molecule has 0 fully saturated rings. The van der Waals surface area contributed by atoms with Crippen LogP contribution in [0.25, 0.3) is 5.57 Å². The van der Waals surface area contributed by atoms with Crippen LogP contribution in [0.5, 0.6) is 0 Å². The standard InChI is InChI=1S/C39H44N4/c1-5-41(6-2)37-23-19-32(20-24-37)34(27-31-15-11-9-12-16-31)28-35-29-43(36-17-13-10-14-18-36)30-39(40-35)33-21-25-38(26-22-33)42(7-3)8-4/h9-26,28-29H,5-8,27,30H2,1-4H3. The highest BCUT2D eigenvalue weighted by molar-refractivity contribution is 6.05. The molecule has 0 aliphatic carbocycles. The molecule has 0 amide bonds. The fourth-order valence-corrected chi connectivity index (χ4v) is 5.76. The number of rotatable bonds is 12. The molecule has 0 spiro atoms. The number of nitrogens with zero attached hydrogens (tertiary/aromatic N) is 4. The van der Waals surface area contributed by atoms with Gasteiger partial charge in [-0.1, -0.05) is 72.8 Å². The first-order valence-corrected chi connectivity index (χ1v) is 15.7. The number of anilines is 3. The predicted molar refractivity (Wildman–Crippen MR) is 187 cm³/mol. The van der Waals surface area contributed by atoms with Crippen LogP contribution >= 0.6 is 0 Å². The third-order valence-electron chi connectivity index (χ3n) is 8.22. The molecule has 0 N–H and O–H groups in total. The molecule has 4 nitrogen and oxygen atoms in total. The molecule has 4 aromatic carbocycles. The van der Waals surface area contributed by atoms with E-state index in [9.17, 15) is 0 Å². The average molecular weight is 569 g/mol. The lowest BCUT2D eigenvalue weighted by Gasteiger charge is -2.27. The van der Waals surface area contributed by atoms with E-state index in [1.54, 1.807) is 0 Å². The van der Waals surface area contributed by atoms with Gasteiger partial charge in [-0.25, -0.2) is 4.99 Å². The lowest BCUT2D eigenvalue weighted by molar-refractivity contribution is 0.866. The molecular formula is C39H44N4. The minimum absolute atomic E-state index is 0.721. The van der Waals surface area contributed by atoms with E-state index < -0.39 is 0 Å². The molecule has 4 heteroatoms. The maximum Gasteiger partial charge on any atom is 0.0799 e. The number of benzene rings is 4. The lowest BCUT2D eigenvalue weighted by atomic mass is 9.96. The molecule has 0 aromatic heterocycles. The van der Waals surface area contributed by atoms with E-state index in [2.05, 4.69) is 164 Å². The Kier molecular flexibility index (Phi) is 10.1. The van der Waals surface area contributed by atoms with Crippen molar-refractivity contribution >= 4 is 28.3 Å². The largest absolute Gasteiger partial charge is 0.372 e. The third kappa shape index (κ3) is 7.45. The zero-order valence-corrected chi connectivity index (χ0v) is 26.1. The molecule has 1 aliphatic rings. The van der Waals surface area contributed by atoms with Crippen molar-refractivity contribution in [2.24, 2.45) is 4.99 Å². The summed E-state index contributed by atoms with van der Waals surface area (Å²) in [6, 6.07) is 39.2. The summed E-state index contributed by atoms with van der Waals surface area (Å²) in [5.74, 6) is 0. The average Bonchev–Trinajstić information content (AvgIpc) is 3.07. The molecule has 1 heterocycles. The first kappa shape index (κ1) is 29.9. The number of allylic oxidation sites excluding steroid dienone is 2. The van der Waals surface area contributed by atoms with E-state index in [1.165, 1.54) is 28.1 Å². The Morgan fingerprint density at radius 3 is 1.77 bits per heavy atom. The normalized spacial score (nSPS) is 13.4. The van der Waals surface area contributed by atoms with Gasteiger partial charge in [0.1, 0.15) is 0 Å². The summed E-state index contributed by atoms with van der Waals surface area (Å²) in [4.78, 5) is 12.3. The molecule has 5 rings (SSSR count). The van der Waals surface area contributed by atoms with Crippen LogP contribution in [-0.2, 0) is 6.42 Å². The Morgan fingerprint density at radius 2 is 1.21 bits per heavy atom. The summed E-state index contributed by atoms with van der Waals surface area (Å²) < 4.78 is 0. The summed E-state index contributed by atoms with van der Waals surface area (Å²) in [6.45, 7) is 13.5. The molecule has 1 aliphatic heterocycles. The maximum absolute atomic E-state index is 5.26. The number of hydrogen-bond acceptors (Lipinski definition) is 4. The SMILES string of the molecule is CCN(CC)c1ccc(C(=CC2=CN(c3ccccc3)CC(c3ccc(N(CC)CC)cc3)=N2)Cc2ccccc2)cc1. The van der Waals surface area contributed by atoms with Gasteiger partial charge in [0, 0.05) is 49.4 Å². The van der Waals surface area contributed by atoms with Gasteiger partial charge in [0.25, 0.3) is 0 Å². The summed E-state index contributed by atoms with van der Waals surface area (Å²) in [7, 11) is 0. The van der Waals surface area contributed by atoms with Crippen LogP contribution in [0.3, 0.4) is 0 Å². The van der Waals surface area contributed by atoms with Gasteiger partial charge in [-0.15, -0.1) is 0 Å². The quantitative estimate of drug-likeness (QED) is 0.170. The van der Waals surface area contributed by atoms with Crippen molar-refractivity contribution in [3.05, 3.63) is 144 Å². The Labute approximate surface area is 258 Å².